The molecule has 7 heteroatoms. The lowest BCUT2D eigenvalue weighted by atomic mass is 9.94. The minimum atomic E-state index is -0.360. The Kier molecular flexibility index (Phi) is 7.29. The molecule has 22 heavy (non-hydrogen) atoms. The molecule has 1 aliphatic rings. The second-order valence-electron chi connectivity index (χ2n) is 6.31. The largest absolute Gasteiger partial charge is 0.341 e. The first-order chi connectivity index (χ1) is 10.0. The topological polar surface area (TPSA) is 77.0 Å². The molecule has 0 aliphatic carbocycles. The molecule has 0 unspecified atom stereocenters. The lowest BCUT2D eigenvalue weighted by molar-refractivity contribution is -0.134. The molecule has 1 aromatic heterocycles. The highest BCUT2D eigenvalue weighted by atomic mass is 35.5. The van der Waals surface area contributed by atoms with Crippen molar-refractivity contribution in [3.05, 3.63) is 12.2 Å². The monoisotopic (exact) mass is 329 g/mol. The van der Waals surface area contributed by atoms with E-state index in [1.54, 1.807) is 6.33 Å². The Morgan fingerprint density at radius 3 is 2.59 bits per heavy atom. The number of carbonyl (C=O) groups excluding carboxylic acids is 1. The molecule has 6 nitrogen and oxygen atoms in total. The van der Waals surface area contributed by atoms with Gasteiger partial charge in [-0.1, -0.05) is 13.8 Å². The van der Waals surface area contributed by atoms with E-state index in [-0.39, 0.29) is 24.4 Å². The second-order valence-corrected chi connectivity index (χ2v) is 6.31. The fourth-order valence-corrected chi connectivity index (χ4v) is 3.02. The fourth-order valence-electron chi connectivity index (χ4n) is 3.02. The number of piperidine rings is 1. The minimum Gasteiger partial charge on any atom is -0.341 e. The number of aryl methyl sites for hydroxylation is 1. The summed E-state index contributed by atoms with van der Waals surface area (Å²) in [6.45, 7) is 8.71. The molecule has 0 spiro atoms. The first kappa shape index (κ1) is 18.9. The Labute approximate surface area is 138 Å². The number of amides is 1. The first-order valence-electron chi connectivity index (χ1n) is 7.95. The van der Waals surface area contributed by atoms with Crippen molar-refractivity contribution in [2.24, 2.45) is 11.7 Å². The van der Waals surface area contributed by atoms with Gasteiger partial charge in [0.05, 0.1) is 6.04 Å². The van der Waals surface area contributed by atoms with Gasteiger partial charge in [-0.15, -0.1) is 22.6 Å². The summed E-state index contributed by atoms with van der Waals surface area (Å²) in [7, 11) is 0. The highest BCUT2D eigenvalue weighted by Crippen LogP contribution is 2.26. The van der Waals surface area contributed by atoms with Gasteiger partial charge >= 0.3 is 0 Å². The number of halogens is 1. The maximum Gasteiger partial charge on any atom is 0.239 e. The van der Waals surface area contributed by atoms with Crippen molar-refractivity contribution in [2.75, 3.05) is 13.1 Å². The smallest absolute Gasteiger partial charge is 0.239 e. The third-order valence-corrected chi connectivity index (χ3v) is 4.20. The zero-order chi connectivity index (χ0) is 15.4. The van der Waals surface area contributed by atoms with Crippen LogP contribution < -0.4 is 5.73 Å². The SMILES string of the molecule is CCn1cnnc1C1CCN(C(=O)[C@@H](N)CC(C)C)CC1.Cl. The summed E-state index contributed by atoms with van der Waals surface area (Å²) < 4.78 is 2.09. The van der Waals surface area contributed by atoms with E-state index in [2.05, 4.69) is 35.5 Å². The molecule has 0 aromatic carbocycles. The summed E-state index contributed by atoms with van der Waals surface area (Å²) in [6.07, 6.45) is 4.42. The van der Waals surface area contributed by atoms with Gasteiger partial charge in [0.1, 0.15) is 12.2 Å². The zero-order valence-electron chi connectivity index (χ0n) is 13.7. The number of likely N-dealkylation sites (tertiary alicyclic amines) is 1. The Hall–Kier alpha value is -1.14. The molecule has 1 amide bonds. The van der Waals surface area contributed by atoms with Gasteiger partial charge in [0.15, 0.2) is 0 Å². The predicted molar refractivity (Wildman–Crippen MR) is 88.9 cm³/mol. The molecule has 1 saturated heterocycles. The Morgan fingerprint density at radius 1 is 1.41 bits per heavy atom. The van der Waals surface area contributed by atoms with Crippen molar-refractivity contribution in [1.29, 1.82) is 0 Å². The Balaban J connectivity index is 0.00000242. The second kappa shape index (κ2) is 8.48. The molecule has 2 heterocycles. The van der Waals surface area contributed by atoms with Crippen molar-refractivity contribution < 1.29 is 4.79 Å². The van der Waals surface area contributed by atoms with Crippen LogP contribution in [0.1, 0.15) is 51.8 Å². The van der Waals surface area contributed by atoms with Crippen LogP contribution in [0.4, 0.5) is 0 Å². The van der Waals surface area contributed by atoms with E-state index < -0.39 is 0 Å². The molecular formula is C15H28ClN5O. The van der Waals surface area contributed by atoms with Crippen LogP contribution in [-0.4, -0.2) is 44.7 Å². The zero-order valence-corrected chi connectivity index (χ0v) is 14.6. The number of aromatic nitrogens is 3. The van der Waals surface area contributed by atoms with Crippen molar-refractivity contribution in [1.82, 2.24) is 19.7 Å². The van der Waals surface area contributed by atoms with Gasteiger partial charge in [-0.05, 0) is 32.1 Å². The average Bonchev–Trinajstić information content (AvgIpc) is 2.94. The van der Waals surface area contributed by atoms with Crippen LogP contribution in [0.3, 0.4) is 0 Å². The van der Waals surface area contributed by atoms with E-state index in [0.29, 0.717) is 11.8 Å². The summed E-state index contributed by atoms with van der Waals surface area (Å²) in [5.41, 5.74) is 6.01. The molecule has 0 radical (unpaired) electrons. The third kappa shape index (κ3) is 4.43. The Bertz CT molecular complexity index is 468. The molecule has 2 N–H and O–H groups in total. The van der Waals surface area contributed by atoms with Gasteiger partial charge in [-0.2, -0.15) is 0 Å². The van der Waals surface area contributed by atoms with Crippen LogP contribution in [0.25, 0.3) is 0 Å². The van der Waals surface area contributed by atoms with Gasteiger partial charge in [0.2, 0.25) is 5.91 Å². The van der Waals surface area contributed by atoms with Crippen LogP contribution in [0.5, 0.6) is 0 Å². The molecule has 0 saturated carbocycles. The van der Waals surface area contributed by atoms with E-state index in [0.717, 1.165) is 44.7 Å². The highest BCUT2D eigenvalue weighted by molar-refractivity contribution is 5.85. The maximum absolute atomic E-state index is 12.3. The molecule has 1 aromatic rings. The minimum absolute atomic E-state index is 0. The van der Waals surface area contributed by atoms with E-state index in [4.69, 9.17) is 5.73 Å². The molecule has 1 atom stereocenters. The average molecular weight is 330 g/mol. The quantitative estimate of drug-likeness (QED) is 0.893. The van der Waals surface area contributed by atoms with Gasteiger partial charge in [-0.3, -0.25) is 4.79 Å². The highest BCUT2D eigenvalue weighted by Gasteiger charge is 2.29. The van der Waals surface area contributed by atoms with E-state index in [1.807, 2.05) is 4.90 Å². The van der Waals surface area contributed by atoms with Gasteiger partial charge in [-0.25, -0.2) is 0 Å². The summed E-state index contributed by atoms with van der Waals surface area (Å²) in [5.74, 6) is 2.00. The lowest BCUT2D eigenvalue weighted by Crippen LogP contribution is -2.47. The number of hydrogen-bond acceptors (Lipinski definition) is 4. The van der Waals surface area contributed by atoms with E-state index in [1.165, 1.54) is 0 Å². The van der Waals surface area contributed by atoms with E-state index in [9.17, 15) is 4.79 Å². The summed E-state index contributed by atoms with van der Waals surface area (Å²) >= 11 is 0. The van der Waals surface area contributed by atoms with Crippen LogP contribution in [0.15, 0.2) is 6.33 Å². The Morgan fingerprint density at radius 2 is 2.05 bits per heavy atom. The molecule has 2 rings (SSSR count). The third-order valence-electron chi connectivity index (χ3n) is 4.20. The van der Waals surface area contributed by atoms with E-state index >= 15 is 0 Å². The number of carbonyl (C=O) groups is 1. The molecule has 1 aliphatic heterocycles. The summed E-state index contributed by atoms with van der Waals surface area (Å²) in [6, 6.07) is -0.360. The van der Waals surface area contributed by atoms with Crippen LogP contribution in [0, 0.1) is 5.92 Å². The van der Waals surface area contributed by atoms with Gasteiger partial charge < -0.3 is 15.2 Å². The number of nitrogens with zero attached hydrogens (tertiary/aromatic N) is 4. The number of nitrogens with two attached hydrogens (primary N) is 1. The number of rotatable bonds is 5. The van der Waals surface area contributed by atoms with Gasteiger partial charge in [0, 0.05) is 25.6 Å². The first-order valence-corrected chi connectivity index (χ1v) is 7.95. The maximum atomic E-state index is 12.3. The summed E-state index contributed by atoms with van der Waals surface area (Å²) in [4.78, 5) is 14.2. The molecule has 0 bridgehead atoms. The normalized spacial score (nSPS) is 17.4. The molecular weight excluding hydrogens is 302 g/mol. The van der Waals surface area contributed by atoms with Crippen molar-refractivity contribution >= 4 is 18.3 Å². The van der Waals surface area contributed by atoms with Crippen molar-refractivity contribution in [3.63, 3.8) is 0 Å². The predicted octanol–water partition coefficient (Wildman–Crippen LogP) is 1.80. The number of hydrogen-bond donors (Lipinski definition) is 1. The molecule has 126 valence electrons. The van der Waals surface area contributed by atoms with Crippen molar-refractivity contribution in [2.45, 2.75) is 58.5 Å². The fraction of sp³-hybridized carbons (Fsp3) is 0.800. The summed E-state index contributed by atoms with van der Waals surface area (Å²) in [5, 5.41) is 8.24. The lowest BCUT2D eigenvalue weighted by Gasteiger charge is -2.33. The molecule has 1 fully saturated rings. The van der Waals surface area contributed by atoms with Crippen LogP contribution in [-0.2, 0) is 11.3 Å². The van der Waals surface area contributed by atoms with Gasteiger partial charge in [0.25, 0.3) is 0 Å². The van der Waals surface area contributed by atoms with Crippen molar-refractivity contribution in [3.8, 4) is 0 Å². The van der Waals surface area contributed by atoms with Crippen LogP contribution in [0.2, 0.25) is 0 Å². The van der Waals surface area contributed by atoms with Crippen LogP contribution >= 0.6 is 12.4 Å². The standard InChI is InChI=1S/C15H27N5O.ClH/c1-4-19-10-17-18-14(19)12-5-7-20(8-6-12)15(21)13(16)9-11(2)3;/h10-13H,4-9,16H2,1-3H3;1H/t13-;/m0./s1.